The first-order valence-corrected chi connectivity index (χ1v) is 6.71. The van der Waals surface area contributed by atoms with Gasteiger partial charge in [0.25, 0.3) is 0 Å². The summed E-state index contributed by atoms with van der Waals surface area (Å²) in [4.78, 5) is 2.75. The fourth-order valence-electron chi connectivity index (χ4n) is 1.69. The maximum atomic E-state index is 5.60. The van der Waals surface area contributed by atoms with E-state index in [4.69, 9.17) is 27.4 Å². The van der Waals surface area contributed by atoms with Crippen LogP contribution in [0.4, 0.5) is 0 Å². The SMILES string of the molecule is CC(C)CCOCCN1CCOC(C(N)=S)C1. The minimum absolute atomic E-state index is 0.0885. The van der Waals surface area contributed by atoms with Crippen molar-refractivity contribution in [2.24, 2.45) is 11.7 Å². The molecule has 1 rings (SSSR count). The summed E-state index contributed by atoms with van der Waals surface area (Å²) < 4.78 is 11.1. The molecular formula is C12H24N2O2S. The van der Waals surface area contributed by atoms with Crippen molar-refractivity contribution in [2.75, 3.05) is 39.5 Å². The molecule has 4 nitrogen and oxygen atoms in total. The molecule has 1 aliphatic heterocycles. The third-order valence-electron chi connectivity index (χ3n) is 2.86. The summed E-state index contributed by atoms with van der Waals surface area (Å²) in [5.41, 5.74) is 5.59. The highest BCUT2D eigenvalue weighted by Gasteiger charge is 2.21. The van der Waals surface area contributed by atoms with Gasteiger partial charge in [0.2, 0.25) is 0 Å². The fourth-order valence-corrected chi connectivity index (χ4v) is 1.84. The molecule has 1 atom stereocenters. The second kappa shape index (κ2) is 7.97. The average Bonchev–Trinajstić information content (AvgIpc) is 2.28. The lowest BCUT2D eigenvalue weighted by Crippen LogP contribution is -2.48. The van der Waals surface area contributed by atoms with Gasteiger partial charge in [0.1, 0.15) is 11.1 Å². The van der Waals surface area contributed by atoms with Gasteiger partial charge in [-0.3, -0.25) is 4.90 Å². The van der Waals surface area contributed by atoms with E-state index in [1.165, 1.54) is 0 Å². The van der Waals surface area contributed by atoms with Crippen LogP contribution in [-0.2, 0) is 9.47 Å². The van der Waals surface area contributed by atoms with Crippen LogP contribution in [0, 0.1) is 5.92 Å². The topological polar surface area (TPSA) is 47.7 Å². The van der Waals surface area contributed by atoms with Gasteiger partial charge in [0, 0.05) is 26.2 Å². The largest absolute Gasteiger partial charge is 0.391 e. The molecule has 0 amide bonds. The van der Waals surface area contributed by atoms with Gasteiger partial charge < -0.3 is 15.2 Å². The zero-order valence-electron chi connectivity index (χ0n) is 10.9. The minimum atomic E-state index is -0.0885. The fraction of sp³-hybridized carbons (Fsp3) is 0.917. The van der Waals surface area contributed by atoms with Crippen LogP contribution in [0.15, 0.2) is 0 Å². The van der Waals surface area contributed by atoms with Crippen LogP contribution in [0.2, 0.25) is 0 Å². The highest BCUT2D eigenvalue weighted by molar-refractivity contribution is 7.80. The molecule has 17 heavy (non-hydrogen) atoms. The maximum Gasteiger partial charge on any atom is 0.120 e. The van der Waals surface area contributed by atoms with Crippen molar-refractivity contribution < 1.29 is 9.47 Å². The molecule has 0 aromatic rings. The molecule has 1 fully saturated rings. The van der Waals surface area contributed by atoms with Gasteiger partial charge in [-0.1, -0.05) is 26.1 Å². The Bertz CT molecular complexity index is 237. The third kappa shape index (κ3) is 6.31. The van der Waals surface area contributed by atoms with Gasteiger partial charge in [-0.05, 0) is 12.3 Å². The molecule has 0 radical (unpaired) electrons. The Kier molecular flexibility index (Phi) is 6.96. The van der Waals surface area contributed by atoms with E-state index in [-0.39, 0.29) is 6.10 Å². The third-order valence-corrected chi connectivity index (χ3v) is 3.12. The smallest absolute Gasteiger partial charge is 0.120 e. The maximum absolute atomic E-state index is 5.60. The van der Waals surface area contributed by atoms with E-state index in [9.17, 15) is 0 Å². The number of hydrogen-bond acceptors (Lipinski definition) is 4. The monoisotopic (exact) mass is 260 g/mol. The lowest BCUT2D eigenvalue weighted by Gasteiger charge is -2.32. The van der Waals surface area contributed by atoms with Gasteiger partial charge in [-0.15, -0.1) is 0 Å². The van der Waals surface area contributed by atoms with Gasteiger partial charge in [0.05, 0.1) is 13.2 Å². The van der Waals surface area contributed by atoms with Crippen LogP contribution >= 0.6 is 12.2 Å². The quantitative estimate of drug-likeness (QED) is 0.547. The summed E-state index contributed by atoms with van der Waals surface area (Å²) in [5, 5.41) is 0. The Labute approximate surface area is 109 Å². The number of thiocarbonyl (C=S) groups is 1. The van der Waals surface area contributed by atoms with Crippen molar-refractivity contribution in [3.63, 3.8) is 0 Å². The van der Waals surface area contributed by atoms with Crippen molar-refractivity contribution >= 4 is 17.2 Å². The normalized spacial score (nSPS) is 21.9. The second-order valence-electron chi connectivity index (χ2n) is 4.86. The molecule has 1 saturated heterocycles. The van der Waals surface area contributed by atoms with Crippen molar-refractivity contribution in [3.8, 4) is 0 Å². The summed E-state index contributed by atoms with van der Waals surface area (Å²) in [7, 11) is 0. The summed E-state index contributed by atoms with van der Waals surface area (Å²) in [6.45, 7) is 9.40. The Morgan fingerprint density at radius 3 is 2.94 bits per heavy atom. The Balaban J connectivity index is 2.08. The number of hydrogen-bond donors (Lipinski definition) is 1. The van der Waals surface area contributed by atoms with Crippen molar-refractivity contribution in [1.82, 2.24) is 4.90 Å². The number of rotatable bonds is 7. The Morgan fingerprint density at radius 2 is 2.29 bits per heavy atom. The van der Waals surface area contributed by atoms with Crippen LogP contribution in [0.3, 0.4) is 0 Å². The highest BCUT2D eigenvalue weighted by atomic mass is 32.1. The molecule has 0 aliphatic carbocycles. The van der Waals surface area contributed by atoms with E-state index in [0.29, 0.717) is 17.5 Å². The summed E-state index contributed by atoms with van der Waals surface area (Å²) in [5.74, 6) is 0.706. The second-order valence-corrected chi connectivity index (χ2v) is 5.33. The van der Waals surface area contributed by atoms with Crippen LogP contribution in [-0.4, -0.2) is 55.4 Å². The molecule has 0 aromatic heterocycles. The summed E-state index contributed by atoms with van der Waals surface area (Å²) in [6.07, 6.45) is 1.04. The number of nitrogens with two attached hydrogens (primary N) is 1. The molecule has 0 saturated carbocycles. The number of nitrogens with zero attached hydrogens (tertiary/aromatic N) is 1. The van der Waals surface area contributed by atoms with Crippen molar-refractivity contribution in [2.45, 2.75) is 26.4 Å². The molecular weight excluding hydrogens is 236 g/mol. The molecule has 1 aliphatic rings. The predicted octanol–water partition coefficient (Wildman–Crippen LogP) is 1.04. The molecule has 5 heteroatoms. The molecule has 0 aromatic carbocycles. The lowest BCUT2D eigenvalue weighted by molar-refractivity contribution is -0.00534. The zero-order valence-corrected chi connectivity index (χ0v) is 11.7. The van der Waals surface area contributed by atoms with E-state index < -0.39 is 0 Å². The van der Waals surface area contributed by atoms with Crippen LogP contribution < -0.4 is 5.73 Å². The van der Waals surface area contributed by atoms with Gasteiger partial charge in [-0.25, -0.2) is 0 Å². The molecule has 2 N–H and O–H groups in total. The lowest BCUT2D eigenvalue weighted by atomic mass is 10.1. The summed E-state index contributed by atoms with van der Waals surface area (Å²) in [6, 6.07) is 0. The molecule has 0 bridgehead atoms. The van der Waals surface area contributed by atoms with E-state index in [1.807, 2.05) is 0 Å². The minimum Gasteiger partial charge on any atom is -0.391 e. The Hall–Kier alpha value is -0.230. The van der Waals surface area contributed by atoms with E-state index >= 15 is 0 Å². The molecule has 100 valence electrons. The predicted molar refractivity (Wildman–Crippen MR) is 73.2 cm³/mol. The summed E-state index contributed by atoms with van der Waals surface area (Å²) >= 11 is 4.95. The highest BCUT2D eigenvalue weighted by Crippen LogP contribution is 2.05. The van der Waals surface area contributed by atoms with Crippen LogP contribution in [0.1, 0.15) is 20.3 Å². The van der Waals surface area contributed by atoms with E-state index in [0.717, 1.165) is 39.3 Å². The van der Waals surface area contributed by atoms with Gasteiger partial charge >= 0.3 is 0 Å². The standard InChI is InChI=1S/C12H24N2O2S/c1-10(2)3-6-15-7-4-14-5-8-16-11(9-14)12(13)17/h10-11H,3-9H2,1-2H3,(H2,13,17). The average molecular weight is 260 g/mol. The number of morpholine rings is 1. The Morgan fingerprint density at radius 1 is 1.53 bits per heavy atom. The zero-order chi connectivity index (χ0) is 12.7. The number of ether oxygens (including phenoxy) is 2. The first-order valence-electron chi connectivity index (χ1n) is 6.30. The van der Waals surface area contributed by atoms with Gasteiger partial charge in [-0.2, -0.15) is 0 Å². The van der Waals surface area contributed by atoms with Crippen molar-refractivity contribution in [3.05, 3.63) is 0 Å². The van der Waals surface area contributed by atoms with E-state index in [1.54, 1.807) is 0 Å². The molecule has 0 spiro atoms. The first-order chi connectivity index (χ1) is 8.09. The van der Waals surface area contributed by atoms with E-state index in [2.05, 4.69) is 18.7 Å². The van der Waals surface area contributed by atoms with Crippen LogP contribution in [0.25, 0.3) is 0 Å². The van der Waals surface area contributed by atoms with Crippen LogP contribution in [0.5, 0.6) is 0 Å². The molecule has 1 heterocycles. The van der Waals surface area contributed by atoms with Gasteiger partial charge in [0.15, 0.2) is 0 Å². The van der Waals surface area contributed by atoms with Crippen molar-refractivity contribution in [1.29, 1.82) is 0 Å². The molecule has 1 unspecified atom stereocenters. The first kappa shape index (κ1) is 14.8.